The summed E-state index contributed by atoms with van der Waals surface area (Å²) in [6.07, 6.45) is -11.5. The molecule has 3 heterocycles. The molecular weight excluding hydrogens is 1880 g/mol. The van der Waals surface area contributed by atoms with Crippen molar-refractivity contribution in [3.05, 3.63) is 155 Å². The molecule has 42 heteroatoms. The van der Waals surface area contributed by atoms with Crippen LogP contribution in [0.1, 0.15) is 148 Å². The van der Waals surface area contributed by atoms with Crippen LogP contribution in [0.15, 0.2) is 133 Å². The van der Waals surface area contributed by atoms with Crippen molar-refractivity contribution in [1.82, 2.24) is 57.7 Å². The first kappa shape index (κ1) is 111. The maximum Gasteiger partial charge on any atom is 0.410 e. The minimum absolute atomic E-state index is 0.00531. The predicted octanol–water partition coefficient (Wildman–Crippen LogP) is 4.84. The zero-order chi connectivity index (χ0) is 101. The molecule has 0 spiro atoms. The lowest BCUT2D eigenvalue weighted by atomic mass is 9.44. The quantitative estimate of drug-likeness (QED) is 0.00631. The molecule has 138 heavy (non-hydrogen) atoms. The lowest BCUT2D eigenvalue weighted by molar-refractivity contribution is -0.345. The van der Waals surface area contributed by atoms with Gasteiger partial charge in [0.05, 0.1) is 60.4 Å². The monoisotopic (exact) mass is 2010 g/mol. The number of hydrogen-bond donors (Lipinski definition) is 16. The number of aromatic amines is 1. The molecule has 22 atom stereocenters. The van der Waals surface area contributed by atoms with E-state index in [0.29, 0.717) is 46.9 Å². The summed E-state index contributed by atoms with van der Waals surface area (Å²) >= 11 is 0. The number of unbranched alkanes of at least 4 members (excludes halogenated alkanes) is 2. The zero-order valence-electron chi connectivity index (χ0n) is 79.7. The third-order valence-corrected chi connectivity index (χ3v) is 31.3. The van der Waals surface area contributed by atoms with E-state index in [1.807, 2.05) is 19.1 Å². The van der Waals surface area contributed by atoms with Gasteiger partial charge in [-0.3, -0.25) is 43.2 Å². The Balaban J connectivity index is 0.884. The normalized spacial score (nSPS) is 26.8. The van der Waals surface area contributed by atoms with E-state index in [1.165, 1.54) is 66.7 Å². The third kappa shape index (κ3) is 27.7. The van der Waals surface area contributed by atoms with Gasteiger partial charge in [0.15, 0.2) is 5.78 Å². The number of rotatable bonds is 37. The first-order valence-corrected chi connectivity index (χ1v) is 52.0. The van der Waals surface area contributed by atoms with Crippen LogP contribution in [0.5, 0.6) is 0 Å². The molecule has 17 N–H and O–H groups in total. The molecule has 37 nitrogen and oxygen atoms in total. The Bertz CT molecular complexity index is 5080. The summed E-state index contributed by atoms with van der Waals surface area (Å²) in [4.78, 5) is 198. The fourth-order valence-electron chi connectivity index (χ4n) is 18.2. The first-order chi connectivity index (χ1) is 65.5. The second-order valence-electron chi connectivity index (χ2n) is 37.2. The smallest absolute Gasteiger partial charge is 0.410 e. The van der Waals surface area contributed by atoms with Crippen molar-refractivity contribution in [1.29, 1.82) is 0 Å². The molecule has 10 rings (SSSR count). The molecule has 1 aromatic heterocycles. The van der Waals surface area contributed by atoms with Crippen LogP contribution in [-0.4, -0.2) is 302 Å². The highest BCUT2D eigenvalue weighted by molar-refractivity contribution is 8.77. The van der Waals surface area contributed by atoms with Gasteiger partial charge in [0.1, 0.15) is 77.4 Å². The van der Waals surface area contributed by atoms with E-state index in [1.54, 1.807) is 146 Å². The number of aliphatic hydroxyl groups excluding tert-OH is 3. The van der Waals surface area contributed by atoms with Crippen LogP contribution < -0.4 is 53.6 Å². The molecule has 2 bridgehead atoms. The number of carbonyl (C=O) groups excluding carboxylic acids is 13. The van der Waals surface area contributed by atoms with Crippen molar-refractivity contribution in [2.75, 3.05) is 70.1 Å². The van der Waals surface area contributed by atoms with Gasteiger partial charge in [-0.05, 0) is 127 Å². The molecule has 5 aliphatic rings. The van der Waals surface area contributed by atoms with Crippen molar-refractivity contribution in [2.45, 2.75) is 260 Å². The molecule has 3 aliphatic carbocycles. The van der Waals surface area contributed by atoms with Gasteiger partial charge < -0.3 is 122 Å². The van der Waals surface area contributed by atoms with E-state index in [-0.39, 0.29) is 111 Å². The number of hydrogen-bond acceptors (Lipinski definition) is 30. The number of ether oxygens (including phenoxy) is 7. The third-order valence-electron chi connectivity index (χ3n) is 25.9. The van der Waals surface area contributed by atoms with Gasteiger partial charge in [-0.2, -0.15) is 0 Å². The van der Waals surface area contributed by atoms with Crippen LogP contribution in [0.3, 0.4) is 0 Å². The first-order valence-electron chi connectivity index (χ1n) is 46.3. The Labute approximate surface area is 821 Å². The van der Waals surface area contributed by atoms with Crippen molar-refractivity contribution >= 4 is 140 Å². The summed E-state index contributed by atoms with van der Waals surface area (Å²) in [7, 11) is 9.39. The number of carbonyl (C=O) groups is 13. The number of nitrogens with one attached hydrogen (secondary N) is 10. The molecular formula is C96H133N12O25PS4. The second-order valence-corrected chi connectivity index (χ2v) is 43.1. The number of alkyl carbamates (subject to hydrolysis) is 1. The number of nitrogens with two attached hydrogens (primary N) is 1. The van der Waals surface area contributed by atoms with E-state index in [2.05, 4.69) is 62.1 Å². The van der Waals surface area contributed by atoms with Crippen LogP contribution in [0.25, 0.3) is 10.9 Å². The SMILES string of the molecule is CCCCN(CCSSCCC(=O)N[C@H](Cc1ccccc1)C(=O)N[C@H]1CSSC[C@@H](C(=O)N[C@H](CO)[C@@H](C)O)NC(=O)[C@H]([C@@H](C)O)NC(=O)[C@H](CCCCN)NC(=O)[C@@H](Cc2c[nH]c3ccccc23)NC(=O)[C@H](Cc2ccccc2)NC1=O)C(=O)OC(C(=O)OC1C[C@@]2(O)[C@@H](OC(=O)c3ccccc3)[C@@H]3[C@]4(O)CO[C@@H]4C[C@H](OC)[C@@]3(C)C(=O)[C@H](OC)C(=C1C)C2(C)C)[C@H](P)NC(=O)OC(C)(C)C. The minimum atomic E-state index is -2.36. The van der Waals surface area contributed by atoms with Crippen LogP contribution >= 0.6 is 52.4 Å². The van der Waals surface area contributed by atoms with E-state index < -0.39 is 227 Å². The largest absolute Gasteiger partial charge is 0.455 e. The molecule has 756 valence electrons. The summed E-state index contributed by atoms with van der Waals surface area (Å²) in [5, 5.41) is 84.0. The summed E-state index contributed by atoms with van der Waals surface area (Å²) in [6, 6.07) is 20.5. The van der Waals surface area contributed by atoms with Gasteiger partial charge in [0.2, 0.25) is 53.4 Å². The maximum atomic E-state index is 15.9. The molecule has 4 fully saturated rings. The van der Waals surface area contributed by atoms with Gasteiger partial charge in [-0.1, -0.05) is 167 Å². The van der Waals surface area contributed by atoms with Crippen LogP contribution in [-0.2, 0) is 100 Å². The molecule has 2 saturated heterocycles. The average molecular weight is 2010 g/mol. The van der Waals surface area contributed by atoms with Gasteiger partial charge >= 0.3 is 24.1 Å². The van der Waals surface area contributed by atoms with Gasteiger partial charge in [-0.15, -0.1) is 9.24 Å². The number of amides is 10. The van der Waals surface area contributed by atoms with Gasteiger partial charge in [-0.25, -0.2) is 19.2 Å². The number of H-pyrrole nitrogens is 1. The highest BCUT2D eigenvalue weighted by Crippen LogP contribution is 2.64. The van der Waals surface area contributed by atoms with E-state index >= 15 is 28.8 Å². The zero-order valence-corrected chi connectivity index (χ0v) is 84.1. The molecule has 2 saturated carbocycles. The number of ketones is 1. The van der Waals surface area contributed by atoms with Crippen LogP contribution in [0.4, 0.5) is 9.59 Å². The highest BCUT2D eigenvalue weighted by Gasteiger charge is 2.77. The predicted molar refractivity (Wildman–Crippen MR) is 524 cm³/mol. The number of Topliss-reactive ketones (excluding diaryl/α,β-unsaturated/α-hetero) is 1. The Morgan fingerprint density at radius 1 is 0.725 bits per heavy atom. The van der Waals surface area contributed by atoms with Crippen molar-refractivity contribution in [2.24, 2.45) is 22.5 Å². The van der Waals surface area contributed by atoms with Crippen LogP contribution in [0, 0.1) is 16.7 Å². The number of benzene rings is 4. The van der Waals surface area contributed by atoms with E-state index in [4.69, 9.17) is 38.9 Å². The molecule has 3 unspecified atom stereocenters. The highest BCUT2D eigenvalue weighted by atomic mass is 33.1. The van der Waals surface area contributed by atoms with Gasteiger partial charge in [0, 0.05) is 117 Å². The van der Waals surface area contributed by atoms with Crippen molar-refractivity contribution in [3.8, 4) is 0 Å². The topological polar surface area (TPSA) is 541 Å². The number of methoxy groups -OCH3 is 2. The Hall–Kier alpha value is -9.46. The van der Waals surface area contributed by atoms with Gasteiger partial charge in [0.25, 0.3) is 0 Å². The second kappa shape index (κ2) is 50.3. The Morgan fingerprint density at radius 3 is 1.97 bits per heavy atom. The molecule has 5 aromatic rings. The van der Waals surface area contributed by atoms with E-state index in [9.17, 15) is 59.1 Å². The molecule has 2 aliphatic heterocycles. The number of nitrogens with zero attached hydrogens (tertiary/aromatic N) is 1. The van der Waals surface area contributed by atoms with E-state index in [0.717, 1.165) is 21.6 Å². The fourth-order valence-corrected chi connectivity index (χ4v) is 22.9. The lowest BCUT2D eigenvalue weighted by Crippen LogP contribution is -2.81. The Kier molecular flexibility index (Phi) is 40.3. The number of fused-ring (bicyclic) bond motifs is 6. The fraction of sp³-hybridized carbons (Fsp3) is 0.573. The summed E-state index contributed by atoms with van der Waals surface area (Å²) in [6.45, 7) is 15.0. The number of aromatic nitrogens is 1. The molecule has 0 radical (unpaired) electrons. The van der Waals surface area contributed by atoms with Crippen molar-refractivity contribution in [3.63, 3.8) is 0 Å². The Morgan fingerprint density at radius 2 is 1.35 bits per heavy atom. The standard InChI is InChI=1S/C96H133N12O25PS4/c1-13-14-39-108(91(124)131-76(87(134)107-90(123)133-92(5,6)7)89(122)130-69-47-96(126)79(132-88(121)58-32-22-17-23-33-58)77-94(10,70(127-11)46-71-95(77,125)52-129-71)78(113)75(128-12)73(53(69)2)93(96,8)9)40-42-136-135-41-37-72(112)99-63(43-56-28-18-15-19-29-56)81(115)104-67-50-137-138-51-68(85(119)103-66(49-109)54(3)110)105-86(120)74(55(4)111)106-80(114)62(36-26-27-38-97)100-83(117)65(45-59-48-98-61-35-25-24-34-60(59)61)102-82(116)64(101-84(67)118)44-57-30-20-16-21-31-57/h15-25,28-35,48,54-55,62-71,74-77,79,87,98,109-111,125-126H,13-14,26-27,36-47,49-52,97,134H2,1-12H3,(H,99,112)(H,100,117)(H,101,118)(H,102,116)(H,103,119)(H,104,115)(H,105,120)(H,106,114)(H,107,123)/t54-,55-,62+,63-,64+,65-,66-,67+,68+,69?,70+,71-,74+,75-,76?,77+,79+,87+,94-,95+,96-/m1/s1. The molecule has 4 aromatic carbocycles. The number of para-hydroxylation sites is 1. The average Bonchev–Trinajstić information content (AvgIpc) is 1.51. The number of aliphatic hydroxyl groups is 5. The summed E-state index contributed by atoms with van der Waals surface area (Å²) in [5.74, 6) is -13.0. The lowest BCUT2D eigenvalue weighted by Gasteiger charge is -2.67. The maximum absolute atomic E-state index is 15.9. The van der Waals surface area contributed by atoms with Crippen LogP contribution in [0.2, 0.25) is 0 Å². The summed E-state index contributed by atoms with van der Waals surface area (Å²) < 4.78 is 42.9. The minimum Gasteiger partial charge on any atom is -0.455 e. The molecule has 10 amide bonds. The van der Waals surface area contributed by atoms with Crippen molar-refractivity contribution < 1.29 is 121 Å². The number of esters is 2. The summed E-state index contributed by atoms with van der Waals surface area (Å²) in [5.41, 5.74) is 0.144.